The largest absolute Gasteiger partial charge is 1.00 e. The van der Waals surface area contributed by atoms with E-state index in [0.29, 0.717) is 0 Å². The van der Waals surface area contributed by atoms with E-state index < -0.39 is 0 Å². The van der Waals surface area contributed by atoms with Gasteiger partial charge in [-0.25, -0.2) is 0 Å². The molecule has 0 radical (unpaired) electrons. The average molecular weight is 297 g/mol. The van der Waals surface area contributed by atoms with E-state index in [1.54, 1.807) is 39.1 Å². The Bertz CT molecular complexity index is 207. The minimum absolute atomic E-state index is 0. The van der Waals surface area contributed by atoms with Crippen LogP contribution in [0.5, 0.6) is 0 Å². The van der Waals surface area contributed by atoms with Crippen molar-refractivity contribution in [3.63, 3.8) is 0 Å². The molecule has 73 valence electrons. The minimum Gasteiger partial charge on any atom is -1.00 e. The van der Waals surface area contributed by atoms with Crippen molar-refractivity contribution in [2.75, 3.05) is 0 Å². The van der Waals surface area contributed by atoms with Crippen molar-refractivity contribution in [1.82, 2.24) is 0 Å². The van der Waals surface area contributed by atoms with E-state index in [9.17, 15) is 0 Å². The van der Waals surface area contributed by atoms with Crippen molar-refractivity contribution in [2.45, 2.75) is 39.5 Å². The molecule has 0 aliphatic heterocycles. The van der Waals surface area contributed by atoms with Gasteiger partial charge in [-0.15, -0.1) is 0 Å². The summed E-state index contributed by atoms with van der Waals surface area (Å²) >= 11 is 1.59. The topological polar surface area (TPSA) is 0 Å². The molecule has 0 atom stereocenters. The summed E-state index contributed by atoms with van der Waals surface area (Å²) in [5, 5.41) is 0. The van der Waals surface area contributed by atoms with Crippen LogP contribution in [0.3, 0.4) is 0 Å². The summed E-state index contributed by atoms with van der Waals surface area (Å²) < 4.78 is 1.61. The molecule has 0 heterocycles. The van der Waals surface area contributed by atoms with E-state index in [4.69, 9.17) is 0 Å². The fraction of sp³-hybridized carbons (Fsp3) is 0.600. The Kier molecular flexibility index (Phi) is 10.4. The van der Waals surface area contributed by atoms with E-state index in [1.807, 2.05) is 0 Å². The van der Waals surface area contributed by atoms with Crippen molar-refractivity contribution >= 4 is 0 Å². The van der Waals surface area contributed by atoms with Gasteiger partial charge in [0, 0.05) is 0 Å². The minimum atomic E-state index is 0. The molecule has 1 aliphatic carbocycles. The van der Waals surface area contributed by atoms with Gasteiger partial charge in [-0.1, -0.05) is 0 Å². The first-order chi connectivity index (χ1) is 5.25. The Morgan fingerprint density at radius 1 is 1.38 bits per heavy atom. The van der Waals surface area contributed by atoms with Gasteiger partial charge in [0.1, 0.15) is 0 Å². The van der Waals surface area contributed by atoms with Crippen LogP contribution in [-0.2, 0) is 24.7 Å². The van der Waals surface area contributed by atoms with E-state index in [1.165, 1.54) is 25.7 Å². The summed E-state index contributed by atoms with van der Waals surface area (Å²) in [5.74, 6) is 0. The smallest absolute Gasteiger partial charge is 1.00 e. The van der Waals surface area contributed by atoms with Crippen LogP contribution in [0, 0.1) is 0 Å². The summed E-state index contributed by atoms with van der Waals surface area (Å²) in [7, 11) is 0. The molecule has 1 aliphatic rings. The van der Waals surface area contributed by atoms with Crippen LogP contribution in [0.1, 0.15) is 39.5 Å². The van der Waals surface area contributed by atoms with Gasteiger partial charge in [0.2, 0.25) is 0 Å². The Labute approximate surface area is 109 Å². The second-order valence-electron chi connectivity index (χ2n) is 3.18. The Balaban J connectivity index is 0. The number of hydrogen-bond acceptors (Lipinski definition) is 0. The van der Waals surface area contributed by atoms with Crippen LogP contribution in [0.4, 0.5) is 0 Å². The number of hydrogen-bond donors (Lipinski definition) is 0. The van der Waals surface area contributed by atoms with Crippen molar-refractivity contribution < 1.29 is 49.5 Å². The van der Waals surface area contributed by atoms with Gasteiger partial charge in [-0.2, -0.15) is 0 Å². The maximum atomic E-state index is 2.39. The normalized spacial score (nSPS) is 14.9. The molecule has 0 nitrogen and oxygen atoms in total. The summed E-state index contributed by atoms with van der Waals surface area (Å²) in [6, 6.07) is 0. The van der Waals surface area contributed by atoms with E-state index >= 15 is 0 Å². The van der Waals surface area contributed by atoms with Crippen LogP contribution >= 0.6 is 0 Å². The Hall–Kier alpha value is 0.943. The standard InChI is InChI=1S/C10H15.2ClH.Zr/c1-3-4-7-10-8-5-6-9(10)2;;;/h5H,3-4,6-7H2,1-2H3;2*1H;/q;;;+2/p-2. The molecule has 0 saturated heterocycles. The SMILES string of the molecule is CCCCC1=C(C)CC=[C]1[Zr+2].[Cl-].[Cl-]. The van der Waals surface area contributed by atoms with Gasteiger partial charge in [0.25, 0.3) is 0 Å². The number of allylic oxidation sites excluding steroid dienone is 4. The zero-order valence-electron chi connectivity index (χ0n) is 8.16. The van der Waals surface area contributed by atoms with Crippen molar-refractivity contribution in [2.24, 2.45) is 0 Å². The molecule has 1 rings (SSSR count). The Morgan fingerprint density at radius 3 is 2.38 bits per heavy atom. The molecule has 0 spiro atoms. The first-order valence-corrected chi connectivity index (χ1v) is 5.59. The predicted octanol–water partition coefficient (Wildman–Crippen LogP) is -2.66. The van der Waals surface area contributed by atoms with Crippen LogP contribution in [0.25, 0.3) is 0 Å². The van der Waals surface area contributed by atoms with Gasteiger partial charge in [0.15, 0.2) is 0 Å². The molecule has 0 unspecified atom stereocenters. The van der Waals surface area contributed by atoms with Gasteiger partial charge >= 0.3 is 84.8 Å². The zero-order chi connectivity index (χ0) is 8.27. The van der Waals surface area contributed by atoms with Crippen LogP contribution < -0.4 is 24.8 Å². The molecule has 0 aromatic carbocycles. The zero-order valence-corrected chi connectivity index (χ0v) is 12.1. The molecule has 3 heteroatoms. The summed E-state index contributed by atoms with van der Waals surface area (Å²) in [6.45, 7) is 4.54. The number of unbranched alkanes of at least 4 members (excludes halogenated alkanes) is 1. The average Bonchev–Trinajstić information content (AvgIpc) is 2.29. The molecule has 0 bridgehead atoms. The number of halogens is 2. The first-order valence-electron chi connectivity index (χ1n) is 4.36. The van der Waals surface area contributed by atoms with Gasteiger partial charge in [-0.3, -0.25) is 0 Å². The second-order valence-corrected chi connectivity index (χ2v) is 4.51. The quantitative estimate of drug-likeness (QED) is 0.533. The molecule has 0 aromatic heterocycles. The molecule has 13 heavy (non-hydrogen) atoms. The first kappa shape index (κ1) is 16.4. The van der Waals surface area contributed by atoms with Gasteiger partial charge in [0.05, 0.1) is 0 Å². The molecule has 0 amide bonds. The Morgan fingerprint density at radius 2 is 2.00 bits per heavy atom. The maximum absolute atomic E-state index is 2.39. The van der Waals surface area contributed by atoms with Gasteiger partial charge in [-0.05, 0) is 0 Å². The fourth-order valence-electron chi connectivity index (χ4n) is 1.43. The van der Waals surface area contributed by atoms with Crippen molar-refractivity contribution in [3.8, 4) is 0 Å². The summed E-state index contributed by atoms with van der Waals surface area (Å²) in [6.07, 6.45) is 7.61. The number of rotatable bonds is 3. The fourth-order valence-corrected chi connectivity index (χ4v) is 2.52. The van der Waals surface area contributed by atoms with Crippen LogP contribution in [0.2, 0.25) is 0 Å². The molecule has 0 N–H and O–H groups in total. The van der Waals surface area contributed by atoms with Gasteiger partial charge < -0.3 is 24.8 Å². The monoisotopic (exact) mass is 295 g/mol. The third kappa shape index (κ3) is 4.81. The predicted molar refractivity (Wildman–Crippen MR) is 44.9 cm³/mol. The van der Waals surface area contributed by atoms with Crippen LogP contribution in [-0.4, -0.2) is 0 Å². The van der Waals surface area contributed by atoms with Crippen molar-refractivity contribution in [1.29, 1.82) is 0 Å². The third-order valence-electron chi connectivity index (χ3n) is 2.23. The van der Waals surface area contributed by atoms with E-state index in [0.717, 1.165) is 0 Å². The maximum Gasteiger partial charge on any atom is -1.00 e. The second kappa shape index (κ2) is 8.27. The summed E-state index contributed by atoms with van der Waals surface area (Å²) in [5.41, 5.74) is 3.29. The molecular formula is C10H15Cl2Zr. The third-order valence-corrected chi connectivity index (χ3v) is 3.48. The van der Waals surface area contributed by atoms with Crippen LogP contribution in [0.15, 0.2) is 20.5 Å². The molecule has 0 saturated carbocycles. The van der Waals surface area contributed by atoms with E-state index in [-0.39, 0.29) is 24.8 Å². The summed E-state index contributed by atoms with van der Waals surface area (Å²) in [4.78, 5) is 0. The van der Waals surface area contributed by atoms with E-state index in [2.05, 4.69) is 19.9 Å². The molecule has 0 fully saturated rings. The molecule has 0 aromatic rings. The molecular weight excluding hydrogens is 282 g/mol. The van der Waals surface area contributed by atoms with Crippen molar-refractivity contribution in [3.05, 3.63) is 20.5 Å².